The molecule has 0 radical (unpaired) electrons. The van der Waals surface area contributed by atoms with Crippen molar-refractivity contribution in [2.45, 2.75) is 263 Å². The molecule has 0 aliphatic heterocycles. The van der Waals surface area contributed by atoms with E-state index in [0.717, 1.165) is 32.1 Å². The van der Waals surface area contributed by atoms with E-state index in [2.05, 4.69) is 12.2 Å². The van der Waals surface area contributed by atoms with Gasteiger partial charge < -0.3 is 20.6 Å². The summed E-state index contributed by atoms with van der Waals surface area (Å²) in [7, 11) is 0. The van der Waals surface area contributed by atoms with Gasteiger partial charge in [-0.3, -0.25) is 4.79 Å². The van der Waals surface area contributed by atoms with Crippen molar-refractivity contribution in [2.24, 2.45) is 0 Å². The summed E-state index contributed by atoms with van der Waals surface area (Å²) in [4.78, 5) is 12.4. The Kier molecular flexibility index (Phi) is 42.7. The van der Waals surface area contributed by atoms with Crippen LogP contribution in [-0.4, -0.2) is 46.6 Å². The zero-order valence-corrected chi connectivity index (χ0v) is 34.3. The van der Waals surface area contributed by atoms with Crippen LogP contribution in [0.15, 0.2) is 12.2 Å². The predicted octanol–water partition coefficient (Wildman–Crippen LogP) is 13.2. The van der Waals surface area contributed by atoms with Crippen LogP contribution in [0, 0.1) is 0 Å². The van der Waals surface area contributed by atoms with Gasteiger partial charge in [-0.15, -0.1) is 0 Å². The average molecular weight is 722 g/mol. The number of hydrogen-bond donors (Lipinski definition) is 4. The van der Waals surface area contributed by atoms with Crippen molar-refractivity contribution < 1.29 is 20.1 Å². The summed E-state index contributed by atoms with van der Waals surface area (Å²) in [5, 5.41) is 31.8. The molecule has 0 saturated carbocycles. The molecule has 4 N–H and O–H groups in total. The molecule has 0 spiro atoms. The second-order valence-corrected chi connectivity index (χ2v) is 15.9. The molecule has 0 aliphatic carbocycles. The Morgan fingerprint density at radius 1 is 0.471 bits per heavy atom. The number of amides is 1. The zero-order chi connectivity index (χ0) is 37.1. The topological polar surface area (TPSA) is 89.8 Å². The van der Waals surface area contributed by atoms with E-state index in [0.29, 0.717) is 13.0 Å². The summed E-state index contributed by atoms with van der Waals surface area (Å²) in [6, 6.07) is -0.620. The van der Waals surface area contributed by atoms with Crippen molar-refractivity contribution in [3.8, 4) is 0 Å². The van der Waals surface area contributed by atoms with Crippen molar-refractivity contribution in [1.82, 2.24) is 5.32 Å². The monoisotopic (exact) mass is 722 g/mol. The quantitative estimate of drug-likeness (QED) is 0.0373. The highest BCUT2D eigenvalue weighted by atomic mass is 16.3. The molecule has 0 saturated heterocycles. The van der Waals surface area contributed by atoms with Crippen LogP contribution in [0.3, 0.4) is 0 Å². The lowest BCUT2D eigenvalue weighted by Gasteiger charge is -2.20. The molecule has 5 nitrogen and oxygen atoms in total. The lowest BCUT2D eigenvalue weighted by atomic mass is 10.0. The Balaban J connectivity index is 3.44. The normalized spacial score (nSPS) is 12.9. The summed E-state index contributed by atoms with van der Waals surface area (Å²) in [5.74, 6) is -0.0638. The van der Waals surface area contributed by atoms with Gasteiger partial charge >= 0.3 is 0 Å². The Hall–Kier alpha value is -0.910. The maximum Gasteiger partial charge on any atom is 0.220 e. The van der Waals surface area contributed by atoms with Crippen molar-refractivity contribution >= 4 is 5.91 Å². The maximum absolute atomic E-state index is 12.4. The fourth-order valence-electron chi connectivity index (χ4n) is 7.28. The summed E-state index contributed by atoms with van der Waals surface area (Å²) < 4.78 is 0. The molecule has 0 fully saturated rings. The van der Waals surface area contributed by atoms with Crippen LogP contribution in [0.1, 0.15) is 251 Å². The first kappa shape index (κ1) is 50.1. The highest BCUT2D eigenvalue weighted by Crippen LogP contribution is 2.17. The molecule has 2 atom stereocenters. The molecule has 0 aromatic rings. The second kappa shape index (κ2) is 43.5. The third-order valence-electron chi connectivity index (χ3n) is 10.8. The summed E-state index contributed by atoms with van der Waals surface area (Å²) in [6.07, 6.45) is 52.0. The Labute approximate surface area is 319 Å². The smallest absolute Gasteiger partial charge is 0.220 e. The van der Waals surface area contributed by atoms with E-state index in [1.54, 1.807) is 6.08 Å². The van der Waals surface area contributed by atoms with Crippen molar-refractivity contribution in [3.05, 3.63) is 12.2 Å². The van der Waals surface area contributed by atoms with Crippen molar-refractivity contribution in [3.63, 3.8) is 0 Å². The number of rotatable bonds is 43. The van der Waals surface area contributed by atoms with Gasteiger partial charge in [0.15, 0.2) is 0 Å². The molecule has 0 aromatic heterocycles. The molecule has 0 unspecified atom stereocenters. The minimum absolute atomic E-state index is 0.0638. The van der Waals surface area contributed by atoms with Gasteiger partial charge in [-0.2, -0.15) is 0 Å². The molecule has 1 amide bonds. The highest BCUT2D eigenvalue weighted by Gasteiger charge is 2.18. The number of hydrogen-bond acceptors (Lipinski definition) is 4. The highest BCUT2D eigenvalue weighted by molar-refractivity contribution is 5.76. The molecule has 0 aromatic carbocycles. The Morgan fingerprint density at radius 2 is 0.784 bits per heavy atom. The van der Waals surface area contributed by atoms with Crippen LogP contribution < -0.4 is 5.32 Å². The minimum Gasteiger partial charge on any atom is -0.396 e. The maximum atomic E-state index is 12.4. The second-order valence-electron chi connectivity index (χ2n) is 15.9. The van der Waals surface area contributed by atoms with E-state index in [9.17, 15) is 15.0 Å². The molecule has 0 rings (SSSR count). The standard InChI is InChI=1S/C46H91NO4/c1-2-3-4-5-6-7-8-22-25-28-31-34-37-40-45(50)44(43-49)47-46(51)41-38-35-32-29-26-23-20-18-16-14-12-10-9-11-13-15-17-19-21-24-27-30-33-36-39-42-48/h37,40,44-45,48-50H,2-36,38-39,41-43H2,1H3,(H,47,51)/b40-37+/t44-,45+/m0/s1. The predicted molar refractivity (Wildman–Crippen MR) is 222 cm³/mol. The SMILES string of the molecule is CCCCCCCCCCCCC/C=C/[C@@H](O)[C@H](CO)NC(=O)CCCCCCCCCCCCCCCCCCCCCCCCCCCO. The largest absolute Gasteiger partial charge is 0.396 e. The van der Waals surface area contributed by atoms with Crippen molar-refractivity contribution in [1.29, 1.82) is 0 Å². The Morgan fingerprint density at radius 3 is 1.12 bits per heavy atom. The van der Waals surface area contributed by atoms with Crippen LogP contribution in [0.25, 0.3) is 0 Å². The summed E-state index contributed by atoms with van der Waals surface area (Å²) in [6.45, 7) is 2.38. The van der Waals surface area contributed by atoms with Gasteiger partial charge in [-0.05, 0) is 25.7 Å². The lowest BCUT2D eigenvalue weighted by Crippen LogP contribution is -2.45. The van der Waals surface area contributed by atoms with Gasteiger partial charge in [0.25, 0.3) is 0 Å². The summed E-state index contributed by atoms with van der Waals surface area (Å²) in [5.41, 5.74) is 0. The lowest BCUT2D eigenvalue weighted by molar-refractivity contribution is -0.123. The molecule has 0 heterocycles. The molecule has 51 heavy (non-hydrogen) atoms. The molecule has 0 aliphatic rings. The van der Waals surface area contributed by atoms with Crippen LogP contribution in [0.2, 0.25) is 0 Å². The van der Waals surface area contributed by atoms with E-state index in [-0.39, 0.29) is 12.5 Å². The van der Waals surface area contributed by atoms with E-state index >= 15 is 0 Å². The third-order valence-corrected chi connectivity index (χ3v) is 10.8. The minimum atomic E-state index is -0.837. The number of allylic oxidation sites excluding steroid dienone is 1. The Bertz CT molecular complexity index is 699. The van der Waals surface area contributed by atoms with E-state index in [1.807, 2.05) is 6.08 Å². The van der Waals surface area contributed by atoms with Crippen LogP contribution in [0.4, 0.5) is 0 Å². The molecular weight excluding hydrogens is 631 g/mol. The third kappa shape index (κ3) is 40.1. The molecular formula is C46H91NO4. The first-order valence-electron chi connectivity index (χ1n) is 23.0. The van der Waals surface area contributed by atoms with Crippen LogP contribution in [0.5, 0.6) is 0 Å². The van der Waals surface area contributed by atoms with E-state index in [4.69, 9.17) is 5.11 Å². The van der Waals surface area contributed by atoms with Gasteiger partial charge in [0.2, 0.25) is 5.91 Å². The van der Waals surface area contributed by atoms with E-state index in [1.165, 1.54) is 205 Å². The number of nitrogens with one attached hydrogen (secondary N) is 1. The van der Waals surface area contributed by atoms with Gasteiger partial charge in [0.1, 0.15) is 0 Å². The van der Waals surface area contributed by atoms with Gasteiger partial charge in [-0.1, -0.05) is 231 Å². The number of unbranched alkanes of at least 4 members (excludes halogenated alkanes) is 35. The number of aliphatic hydroxyl groups is 3. The fraction of sp³-hybridized carbons (Fsp3) is 0.935. The summed E-state index contributed by atoms with van der Waals surface area (Å²) >= 11 is 0. The van der Waals surface area contributed by atoms with Crippen molar-refractivity contribution in [2.75, 3.05) is 13.2 Å². The average Bonchev–Trinajstić information content (AvgIpc) is 3.13. The molecule has 0 bridgehead atoms. The van der Waals surface area contributed by atoms with Gasteiger partial charge in [-0.25, -0.2) is 0 Å². The number of aliphatic hydroxyl groups excluding tert-OH is 3. The zero-order valence-electron chi connectivity index (χ0n) is 34.3. The number of carbonyl (C=O) groups is 1. The fourth-order valence-corrected chi connectivity index (χ4v) is 7.28. The van der Waals surface area contributed by atoms with Crippen LogP contribution in [-0.2, 0) is 4.79 Å². The van der Waals surface area contributed by atoms with Gasteiger partial charge in [0, 0.05) is 13.0 Å². The van der Waals surface area contributed by atoms with Crippen LogP contribution >= 0.6 is 0 Å². The first-order chi connectivity index (χ1) is 25.2. The molecule has 5 heteroatoms. The number of carbonyl (C=O) groups excluding carboxylic acids is 1. The van der Waals surface area contributed by atoms with E-state index < -0.39 is 12.1 Å². The van der Waals surface area contributed by atoms with Gasteiger partial charge in [0.05, 0.1) is 18.8 Å². The first-order valence-corrected chi connectivity index (χ1v) is 23.0. The molecule has 304 valence electrons.